The van der Waals surface area contributed by atoms with Crippen molar-refractivity contribution in [2.75, 3.05) is 39.3 Å². The Morgan fingerprint density at radius 1 is 1.03 bits per heavy atom. The van der Waals surface area contributed by atoms with Crippen molar-refractivity contribution in [3.05, 3.63) is 60.2 Å². The number of amides is 3. The molecular weight excluding hydrogens is 398 g/mol. The summed E-state index contributed by atoms with van der Waals surface area (Å²) in [6.07, 6.45) is 4.26. The molecule has 1 aromatic carbocycles. The van der Waals surface area contributed by atoms with Gasteiger partial charge in [0.2, 0.25) is 5.91 Å². The molecule has 0 unspecified atom stereocenters. The molecule has 2 aromatic rings. The van der Waals surface area contributed by atoms with E-state index in [9.17, 15) is 14.4 Å². The molecule has 3 rings (SSSR count). The van der Waals surface area contributed by atoms with E-state index in [2.05, 4.69) is 9.97 Å². The molecule has 0 spiro atoms. The summed E-state index contributed by atoms with van der Waals surface area (Å²) in [5, 5.41) is 0. The number of carbonyl (C=O) groups is 3. The Morgan fingerprint density at radius 2 is 1.74 bits per heavy atom. The van der Waals surface area contributed by atoms with Crippen LogP contribution in [0.15, 0.2) is 48.9 Å². The topological polar surface area (TPSA) is 95.9 Å². The first-order chi connectivity index (χ1) is 15.1. The Balaban J connectivity index is 1.59. The molecule has 0 radical (unpaired) electrons. The number of hydrogen-bond donors (Lipinski definition) is 0. The van der Waals surface area contributed by atoms with Crippen molar-refractivity contribution in [2.24, 2.45) is 0 Å². The van der Waals surface area contributed by atoms with Crippen molar-refractivity contribution in [1.29, 1.82) is 0 Å². The summed E-state index contributed by atoms with van der Waals surface area (Å²) >= 11 is 0. The molecule has 9 heteroatoms. The van der Waals surface area contributed by atoms with Gasteiger partial charge in [0.1, 0.15) is 5.69 Å². The lowest BCUT2D eigenvalue weighted by Crippen LogP contribution is -2.51. The van der Waals surface area contributed by atoms with Crippen molar-refractivity contribution in [2.45, 2.75) is 19.9 Å². The van der Waals surface area contributed by atoms with Gasteiger partial charge >= 0.3 is 6.09 Å². The molecule has 2 heterocycles. The number of benzene rings is 1. The number of rotatable bonds is 7. The van der Waals surface area contributed by atoms with Crippen LogP contribution in [0.5, 0.6) is 0 Å². The van der Waals surface area contributed by atoms with Crippen molar-refractivity contribution in [1.82, 2.24) is 24.7 Å². The van der Waals surface area contributed by atoms with Gasteiger partial charge in [-0.2, -0.15) is 0 Å². The highest BCUT2D eigenvalue weighted by atomic mass is 16.6. The summed E-state index contributed by atoms with van der Waals surface area (Å²) in [6, 6.07) is 9.61. The van der Waals surface area contributed by atoms with Crippen LogP contribution < -0.4 is 0 Å². The fraction of sp³-hybridized carbons (Fsp3) is 0.409. The molecule has 9 nitrogen and oxygen atoms in total. The Kier molecular flexibility index (Phi) is 7.91. The minimum Gasteiger partial charge on any atom is -0.450 e. The van der Waals surface area contributed by atoms with Crippen LogP contribution in [0.2, 0.25) is 0 Å². The number of piperazine rings is 1. The van der Waals surface area contributed by atoms with Crippen LogP contribution in [0.1, 0.15) is 29.4 Å². The predicted octanol–water partition coefficient (Wildman–Crippen LogP) is 1.81. The minimum absolute atomic E-state index is 0.0477. The monoisotopic (exact) mass is 425 g/mol. The van der Waals surface area contributed by atoms with Crippen LogP contribution in [0.3, 0.4) is 0 Å². The van der Waals surface area contributed by atoms with Crippen LogP contribution in [0, 0.1) is 0 Å². The van der Waals surface area contributed by atoms with Gasteiger partial charge in [-0.1, -0.05) is 30.3 Å². The first-order valence-corrected chi connectivity index (χ1v) is 10.4. The number of ether oxygens (including phenoxy) is 1. The van der Waals surface area contributed by atoms with Crippen molar-refractivity contribution in [3.8, 4) is 0 Å². The van der Waals surface area contributed by atoms with Crippen LogP contribution in [-0.2, 0) is 16.1 Å². The van der Waals surface area contributed by atoms with Gasteiger partial charge in [0, 0.05) is 58.1 Å². The number of hydrogen-bond acceptors (Lipinski definition) is 6. The highest BCUT2D eigenvalue weighted by Gasteiger charge is 2.26. The zero-order valence-corrected chi connectivity index (χ0v) is 17.6. The van der Waals surface area contributed by atoms with Gasteiger partial charge in [0.25, 0.3) is 5.91 Å². The van der Waals surface area contributed by atoms with E-state index >= 15 is 0 Å². The first kappa shape index (κ1) is 22.2. The maximum Gasteiger partial charge on any atom is 0.409 e. The molecule has 0 atom stereocenters. The van der Waals surface area contributed by atoms with Crippen LogP contribution in [-0.4, -0.2) is 81.9 Å². The average molecular weight is 425 g/mol. The second-order valence-electron chi connectivity index (χ2n) is 7.12. The smallest absolute Gasteiger partial charge is 0.409 e. The largest absolute Gasteiger partial charge is 0.450 e. The SMILES string of the molecule is CCOC(=O)N1CCN(C(=O)CCN(Cc2ccccc2)C(=O)c2cnccn2)CC1. The summed E-state index contributed by atoms with van der Waals surface area (Å²) in [4.78, 5) is 50.5. The molecular formula is C22H27N5O4. The van der Waals surface area contributed by atoms with Crippen LogP contribution in [0.4, 0.5) is 4.79 Å². The lowest BCUT2D eigenvalue weighted by Gasteiger charge is -2.34. The highest BCUT2D eigenvalue weighted by Crippen LogP contribution is 2.11. The second kappa shape index (κ2) is 11.1. The fourth-order valence-corrected chi connectivity index (χ4v) is 3.37. The quantitative estimate of drug-likeness (QED) is 0.671. The number of carbonyl (C=O) groups excluding carboxylic acids is 3. The van der Waals surface area contributed by atoms with E-state index < -0.39 is 0 Å². The molecule has 0 N–H and O–H groups in total. The Bertz CT molecular complexity index is 870. The average Bonchev–Trinajstić information content (AvgIpc) is 2.82. The molecule has 31 heavy (non-hydrogen) atoms. The van der Waals surface area contributed by atoms with Crippen LogP contribution >= 0.6 is 0 Å². The van der Waals surface area contributed by atoms with Gasteiger partial charge in [-0.05, 0) is 12.5 Å². The summed E-state index contributed by atoms with van der Waals surface area (Å²) in [7, 11) is 0. The summed E-state index contributed by atoms with van der Waals surface area (Å²) in [6.45, 7) is 4.52. The molecule has 1 aliphatic heterocycles. The predicted molar refractivity (Wildman–Crippen MR) is 113 cm³/mol. The van der Waals surface area contributed by atoms with E-state index in [0.717, 1.165) is 5.56 Å². The second-order valence-corrected chi connectivity index (χ2v) is 7.12. The fourth-order valence-electron chi connectivity index (χ4n) is 3.37. The zero-order chi connectivity index (χ0) is 22.1. The third-order valence-corrected chi connectivity index (χ3v) is 5.04. The van der Waals surface area contributed by atoms with Gasteiger partial charge in [0.15, 0.2) is 0 Å². The zero-order valence-electron chi connectivity index (χ0n) is 17.6. The lowest BCUT2D eigenvalue weighted by atomic mass is 10.2. The third kappa shape index (κ3) is 6.24. The van der Waals surface area contributed by atoms with Crippen molar-refractivity contribution >= 4 is 17.9 Å². The maximum absolute atomic E-state index is 13.0. The number of nitrogens with zero attached hydrogens (tertiary/aromatic N) is 5. The van der Waals surface area contributed by atoms with E-state index in [1.165, 1.54) is 18.6 Å². The van der Waals surface area contributed by atoms with Gasteiger partial charge in [-0.25, -0.2) is 9.78 Å². The highest BCUT2D eigenvalue weighted by molar-refractivity contribution is 5.92. The minimum atomic E-state index is -0.349. The van der Waals surface area contributed by atoms with E-state index in [0.29, 0.717) is 39.3 Å². The summed E-state index contributed by atoms with van der Waals surface area (Å²) in [5.41, 5.74) is 1.21. The normalized spacial score (nSPS) is 13.6. The van der Waals surface area contributed by atoms with E-state index in [-0.39, 0.29) is 36.6 Å². The molecule has 1 aliphatic rings. The Morgan fingerprint density at radius 3 is 2.39 bits per heavy atom. The molecule has 164 valence electrons. The maximum atomic E-state index is 13.0. The standard InChI is InChI=1S/C22H27N5O4/c1-2-31-22(30)26-14-12-25(13-15-26)20(28)8-11-27(17-18-6-4-3-5-7-18)21(29)19-16-23-9-10-24-19/h3-7,9-10,16H,2,8,11-15,17H2,1H3. The van der Waals surface area contributed by atoms with E-state index in [1.807, 2.05) is 30.3 Å². The summed E-state index contributed by atoms with van der Waals surface area (Å²) < 4.78 is 5.01. The molecule has 0 aliphatic carbocycles. The van der Waals surface area contributed by atoms with Gasteiger partial charge in [0.05, 0.1) is 12.8 Å². The molecule has 1 saturated heterocycles. The molecule has 1 fully saturated rings. The van der Waals surface area contributed by atoms with Gasteiger partial charge < -0.3 is 19.4 Å². The van der Waals surface area contributed by atoms with Gasteiger partial charge in [-0.15, -0.1) is 0 Å². The first-order valence-electron chi connectivity index (χ1n) is 10.4. The van der Waals surface area contributed by atoms with E-state index in [4.69, 9.17) is 4.74 Å². The van der Waals surface area contributed by atoms with Crippen molar-refractivity contribution < 1.29 is 19.1 Å². The molecule has 0 saturated carbocycles. The Labute approximate surface area is 181 Å². The van der Waals surface area contributed by atoms with Crippen molar-refractivity contribution in [3.63, 3.8) is 0 Å². The van der Waals surface area contributed by atoms with Crippen LogP contribution in [0.25, 0.3) is 0 Å². The molecule has 0 bridgehead atoms. The lowest BCUT2D eigenvalue weighted by molar-refractivity contribution is -0.133. The Hall–Kier alpha value is -3.49. The molecule has 1 aromatic heterocycles. The number of aromatic nitrogens is 2. The van der Waals surface area contributed by atoms with Gasteiger partial charge in [-0.3, -0.25) is 14.6 Å². The molecule has 3 amide bonds. The summed E-state index contributed by atoms with van der Waals surface area (Å²) in [5.74, 6) is -0.314. The third-order valence-electron chi connectivity index (χ3n) is 5.04. The van der Waals surface area contributed by atoms with E-state index in [1.54, 1.807) is 21.6 Å².